The average Bonchev–Trinajstić information content (AvgIpc) is 2.80. The Hall–Kier alpha value is -0.860. The summed E-state index contributed by atoms with van der Waals surface area (Å²) in [4.78, 5) is 8.59. The van der Waals surface area contributed by atoms with Gasteiger partial charge in [0.1, 0.15) is 12.4 Å². The lowest BCUT2D eigenvalue weighted by Gasteiger charge is -2.22. The van der Waals surface area contributed by atoms with Gasteiger partial charge in [0, 0.05) is 41.2 Å². The van der Waals surface area contributed by atoms with Gasteiger partial charge in [-0.3, -0.25) is 0 Å². The van der Waals surface area contributed by atoms with Gasteiger partial charge in [-0.25, -0.2) is 4.99 Å². The molecule has 6 nitrogen and oxygen atoms in total. The first-order chi connectivity index (χ1) is 8.09. The third-order valence-corrected chi connectivity index (χ3v) is 2.85. The number of nitrogens with zero attached hydrogens (tertiary/aromatic N) is 6. The van der Waals surface area contributed by atoms with Gasteiger partial charge in [-0.05, 0) is 6.42 Å². The number of aromatic nitrogens is 3. The monoisotopic (exact) mass is 364 g/mol. The highest BCUT2D eigenvalue weighted by Gasteiger charge is 2.17. The van der Waals surface area contributed by atoms with Gasteiger partial charge in [-0.1, -0.05) is 0 Å². The highest BCUT2D eigenvalue weighted by Crippen LogP contribution is 2.14. The van der Waals surface area contributed by atoms with Crippen LogP contribution in [0.15, 0.2) is 4.99 Å². The second-order valence-electron chi connectivity index (χ2n) is 4.69. The molecule has 18 heavy (non-hydrogen) atoms. The van der Waals surface area contributed by atoms with Crippen LogP contribution >= 0.6 is 24.0 Å². The first-order valence-corrected chi connectivity index (χ1v) is 5.89. The Kier molecular flexibility index (Phi) is 5.36. The normalized spacial score (nSPS) is 12.7. The van der Waals surface area contributed by atoms with Crippen LogP contribution in [-0.2, 0) is 19.5 Å². The predicted molar refractivity (Wildman–Crippen MR) is 82.3 cm³/mol. The molecule has 7 heteroatoms. The number of halogens is 1. The molecule has 0 unspecified atom stereocenters. The summed E-state index contributed by atoms with van der Waals surface area (Å²) in [5, 5.41) is 8.38. The molecule has 0 atom stereocenters. The molecular formula is C11H21IN6. The number of hydrogen-bond donors (Lipinski definition) is 0. The van der Waals surface area contributed by atoms with Crippen LogP contribution in [0.5, 0.6) is 0 Å². The van der Waals surface area contributed by atoms with E-state index in [-0.39, 0.29) is 24.0 Å². The van der Waals surface area contributed by atoms with Gasteiger partial charge in [0.15, 0.2) is 11.8 Å². The predicted octanol–water partition coefficient (Wildman–Crippen LogP) is 0.821. The Labute approximate surface area is 125 Å². The zero-order chi connectivity index (χ0) is 12.4. The molecule has 0 saturated carbocycles. The summed E-state index contributed by atoms with van der Waals surface area (Å²) in [6.45, 7) is 1.63. The molecule has 0 fully saturated rings. The topological polar surface area (TPSA) is 49.6 Å². The van der Waals surface area contributed by atoms with E-state index in [0.29, 0.717) is 6.54 Å². The Morgan fingerprint density at radius 2 is 1.89 bits per heavy atom. The smallest absolute Gasteiger partial charge is 0.195 e. The zero-order valence-electron chi connectivity index (χ0n) is 11.4. The summed E-state index contributed by atoms with van der Waals surface area (Å²) in [5.74, 6) is 3.02. The highest BCUT2D eigenvalue weighted by atomic mass is 127. The number of rotatable bonds is 2. The number of aryl methyl sites for hydroxylation is 1. The van der Waals surface area contributed by atoms with Crippen LogP contribution in [0, 0.1) is 0 Å². The Morgan fingerprint density at radius 3 is 2.50 bits per heavy atom. The van der Waals surface area contributed by atoms with Crippen molar-refractivity contribution in [2.24, 2.45) is 4.99 Å². The van der Waals surface area contributed by atoms with Gasteiger partial charge in [0.05, 0.1) is 0 Å². The fourth-order valence-corrected chi connectivity index (χ4v) is 2.15. The van der Waals surface area contributed by atoms with E-state index >= 15 is 0 Å². The first kappa shape index (κ1) is 15.2. The Bertz CT molecular complexity index is 413. The summed E-state index contributed by atoms with van der Waals surface area (Å²) >= 11 is 0. The lowest BCUT2D eigenvalue weighted by Crippen LogP contribution is -2.35. The molecule has 2 heterocycles. The van der Waals surface area contributed by atoms with Crippen LogP contribution in [0.2, 0.25) is 0 Å². The number of fused-ring (bicyclic) bond motifs is 1. The van der Waals surface area contributed by atoms with E-state index in [0.717, 1.165) is 30.6 Å². The Morgan fingerprint density at radius 1 is 1.22 bits per heavy atom. The van der Waals surface area contributed by atoms with E-state index in [9.17, 15) is 0 Å². The molecule has 102 valence electrons. The Balaban J connectivity index is 0.00000162. The number of hydrogen-bond acceptors (Lipinski definition) is 3. The van der Waals surface area contributed by atoms with Crippen LogP contribution in [0.1, 0.15) is 18.1 Å². The average molecular weight is 364 g/mol. The molecule has 0 amide bonds. The quantitative estimate of drug-likeness (QED) is 0.443. The maximum Gasteiger partial charge on any atom is 0.195 e. The van der Waals surface area contributed by atoms with Crippen LogP contribution < -0.4 is 0 Å². The molecule has 1 aromatic heterocycles. The standard InChI is InChI=1S/C11H20N6.HI/c1-15(2)11(16(3)4)12-8-10-14-13-9-6-5-7-17(9)10;/h5-8H2,1-4H3;1H. The largest absolute Gasteiger partial charge is 0.349 e. The van der Waals surface area contributed by atoms with Crippen molar-refractivity contribution in [3.8, 4) is 0 Å². The van der Waals surface area contributed by atoms with E-state index in [4.69, 9.17) is 0 Å². The molecule has 0 saturated heterocycles. The molecule has 1 aliphatic rings. The van der Waals surface area contributed by atoms with E-state index in [2.05, 4.69) is 19.8 Å². The van der Waals surface area contributed by atoms with Crippen LogP contribution in [0.4, 0.5) is 0 Å². The minimum absolute atomic E-state index is 0. The third-order valence-electron chi connectivity index (χ3n) is 2.85. The van der Waals surface area contributed by atoms with Crippen molar-refractivity contribution in [2.45, 2.75) is 25.9 Å². The lowest BCUT2D eigenvalue weighted by molar-refractivity contribution is 0.478. The second-order valence-corrected chi connectivity index (χ2v) is 4.69. The van der Waals surface area contributed by atoms with Gasteiger partial charge < -0.3 is 14.4 Å². The lowest BCUT2D eigenvalue weighted by atomic mass is 10.4. The van der Waals surface area contributed by atoms with E-state index in [1.54, 1.807) is 0 Å². The zero-order valence-corrected chi connectivity index (χ0v) is 13.8. The van der Waals surface area contributed by atoms with E-state index in [1.807, 2.05) is 38.0 Å². The van der Waals surface area contributed by atoms with Crippen molar-refractivity contribution in [1.82, 2.24) is 24.6 Å². The number of aliphatic imine (C=N–C) groups is 1. The van der Waals surface area contributed by atoms with Crippen LogP contribution in [0.3, 0.4) is 0 Å². The van der Waals surface area contributed by atoms with Crippen molar-refractivity contribution < 1.29 is 0 Å². The highest BCUT2D eigenvalue weighted by molar-refractivity contribution is 14.0. The summed E-state index contributed by atoms with van der Waals surface area (Å²) in [5.41, 5.74) is 0. The fourth-order valence-electron chi connectivity index (χ4n) is 2.15. The van der Waals surface area contributed by atoms with Gasteiger partial charge >= 0.3 is 0 Å². The van der Waals surface area contributed by atoms with Crippen molar-refractivity contribution in [3.05, 3.63) is 11.6 Å². The minimum atomic E-state index is 0. The van der Waals surface area contributed by atoms with Crippen LogP contribution in [-0.4, -0.2) is 58.7 Å². The molecule has 0 aliphatic carbocycles. The summed E-state index contributed by atoms with van der Waals surface area (Å²) < 4.78 is 2.19. The third kappa shape index (κ3) is 3.12. The van der Waals surface area contributed by atoms with Gasteiger partial charge in [-0.2, -0.15) is 0 Å². The minimum Gasteiger partial charge on any atom is -0.349 e. The van der Waals surface area contributed by atoms with E-state index in [1.165, 1.54) is 6.42 Å². The van der Waals surface area contributed by atoms with Crippen molar-refractivity contribution >= 4 is 29.9 Å². The van der Waals surface area contributed by atoms with Gasteiger partial charge in [0.25, 0.3) is 0 Å². The van der Waals surface area contributed by atoms with Crippen LogP contribution in [0.25, 0.3) is 0 Å². The molecule has 0 bridgehead atoms. The van der Waals surface area contributed by atoms with Gasteiger partial charge in [-0.15, -0.1) is 34.2 Å². The molecule has 0 N–H and O–H groups in total. The van der Waals surface area contributed by atoms with E-state index < -0.39 is 0 Å². The van der Waals surface area contributed by atoms with Crippen molar-refractivity contribution in [1.29, 1.82) is 0 Å². The summed E-state index contributed by atoms with van der Waals surface area (Å²) in [7, 11) is 7.97. The molecule has 1 aliphatic heterocycles. The summed E-state index contributed by atoms with van der Waals surface area (Å²) in [6, 6.07) is 0. The molecule has 1 aromatic rings. The van der Waals surface area contributed by atoms with Crippen molar-refractivity contribution in [2.75, 3.05) is 28.2 Å². The SMILES string of the molecule is CN(C)C(=NCc1nnc2n1CCC2)N(C)C.I. The number of guanidine groups is 1. The molecular weight excluding hydrogens is 343 g/mol. The maximum absolute atomic E-state index is 4.59. The summed E-state index contributed by atoms with van der Waals surface area (Å²) in [6.07, 6.45) is 2.22. The first-order valence-electron chi connectivity index (χ1n) is 5.89. The fraction of sp³-hybridized carbons (Fsp3) is 0.727. The molecule has 0 spiro atoms. The second kappa shape index (κ2) is 6.35. The molecule has 2 rings (SSSR count). The molecule has 0 radical (unpaired) electrons. The van der Waals surface area contributed by atoms with Crippen molar-refractivity contribution in [3.63, 3.8) is 0 Å². The van der Waals surface area contributed by atoms with Gasteiger partial charge in [0.2, 0.25) is 0 Å². The molecule has 0 aromatic carbocycles. The maximum atomic E-state index is 4.59.